The predicted octanol–water partition coefficient (Wildman–Crippen LogP) is 5.31. The fourth-order valence-corrected chi connectivity index (χ4v) is 3.46. The van der Waals surface area contributed by atoms with Crippen molar-refractivity contribution in [3.8, 4) is 0 Å². The first-order valence-corrected chi connectivity index (χ1v) is 8.75. The number of fused-ring (bicyclic) bond motifs is 2. The van der Waals surface area contributed by atoms with E-state index >= 15 is 0 Å². The van der Waals surface area contributed by atoms with Crippen molar-refractivity contribution in [2.45, 2.75) is 19.4 Å². The average molecular weight is 356 g/mol. The molecule has 0 spiro atoms. The van der Waals surface area contributed by atoms with Crippen molar-refractivity contribution in [2.75, 3.05) is 18.9 Å². The number of aliphatic imine (C=N–C) groups is 1. The molecule has 0 fully saturated rings. The molecular formula is C20H19ClFN3. The Hall–Kier alpha value is -2.17. The van der Waals surface area contributed by atoms with E-state index in [1.54, 1.807) is 12.1 Å². The number of nitrogens with zero attached hydrogens (tertiary/aromatic N) is 2. The molecule has 5 heteroatoms. The summed E-state index contributed by atoms with van der Waals surface area (Å²) in [5, 5.41) is 4.00. The fraction of sp³-hybridized carbons (Fsp3) is 0.250. The zero-order chi connectivity index (χ0) is 17.6. The Morgan fingerprint density at radius 3 is 2.80 bits per heavy atom. The van der Waals surface area contributed by atoms with Gasteiger partial charge in [0, 0.05) is 28.9 Å². The third kappa shape index (κ3) is 3.08. The SMILES string of the molecule is CC1C=C(C2=Nc3cc(Cl)ccc3Nc3ccc(F)cc32)CCN1C. The summed E-state index contributed by atoms with van der Waals surface area (Å²) >= 11 is 6.16. The Kier molecular flexibility index (Phi) is 4.10. The molecule has 0 aromatic heterocycles. The van der Waals surface area contributed by atoms with E-state index in [0.29, 0.717) is 11.1 Å². The topological polar surface area (TPSA) is 27.6 Å². The van der Waals surface area contributed by atoms with E-state index in [2.05, 4.69) is 30.3 Å². The van der Waals surface area contributed by atoms with Crippen molar-refractivity contribution in [1.29, 1.82) is 0 Å². The van der Waals surface area contributed by atoms with Gasteiger partial charge in [-0.3, -0.25) is 4.90 Å². The van der Waals surface area contributed by atoms with Crippen LogP contribution in [0.1, 0.15) is 18.9 Å². The normalized spacial score (nSPS) is 19.9. The summed E-state index contributed by atoms with van der Waals surface area (Å²) in [7, 11) is 2.11. The highest BCUT2D eigenvalue weighted by Gasteiger charge is 2.24. The average Bonchev–Trinajstić information content (AvgIpc) is 2.74. The van der Waals surface area contributed by atoms with E-state index in [1.807, 2.05) is 18.2 Å². The molecule has 2 aromatic carbocycles. The minimum absolute atomic E-state index is 0.265. The molecule has 128 valence electrons. The molecule has 2 heterocycles. The number of halogens is 2. The van der Waals surface area contributed by atoms with Crippen LogP contribution in [0, 0.1) is 5.82 Å². The lowest BCUT2D eigenvalue weighted by atomic mass is 9.93. The Bertz CT molecular complexity index is 904. The molecule has 3 nitrogen and oxygen atoms in total. The molecular weight excluding hydrogens is 337 g/mol. The summed E-state index contributed by atoms with van der Waals surface area (Å²) in [6.07, 6.45) is 3.10. The standard InChI is InChI=1S/C20H19ClFN3/c1-12-9-13(7-8-25(12)2)20-16-11-15(22)4-6-17(16)23-18-5-3-14(21)10-19(18)24-20/h3-6,9-12,23H,7-8H2,1-2H3. The maximum Gasteiger partial charge on any atom is 0.124 e. The molecule has 0 radical (unpaired) electrons. The largest absolute Gasteiger partial charge is 0.353 e. The molecule has 0 aliphatic carbocycles. The van der Waals surface area contributed by atoms with Gasteiger partial charge >= 0.3 is 0 Å². The van der Waals surface area contributed by atoms with Gasteiger partial charge in [-0.25, -0.2) is 9.38 Å². The molecule has 0 saturated heterocycles. The predicted molar refractivity (Wildman–Crippen MR) is 102 cm³/mol. The number of nitrogens with one attached hydrogen (secondary N) is 1. The van der Waals surface area contributed by atoms with Gasteiger partial charge in [0.1, 0.15) is 5.82 Å². The number of hydrogen-bond acceptors (Lipinski definition) is 3. The van der Waals surface area contributed by atoms with Crippen LogP contribution in [0.4, 0.5) is 21.5 Å². The summed E-state index contributed by atoms with van der Waals surface area (Å²) in [6.45, 7) is 3.11. The van der Waals surface area contributed by atoms with Crippen molar-refractivity contribution in [1.82, 2.24) is 4.90 Å². The maximum atomic E-state index is 14.0. The third-order valence-electron chi connectivity index (χ3n) is 4.87. The van der Waals surface area contributed by atoms with Gasteiger partial charge in [-0.15, -0.1) is 0 Å². The van der Waals surface area contributed by atoms with Gasteiger partial charge in [0.25, 0.3) is 0 Å². The van der Waals surface area contributed by atoms with Crippen molar-refractivity contribution in [3.63, 3.8) is 0 Å². The molecule has 1 atom stereocenters. The highest BCUT2D eigenvalue weighted by Crippen LogP contribution is 2.38. The number of rotatable bonds is 1. The van der Waals surface area contributed by atoms with Crippen LogP contribution in [0.25, 0.3) is 0 Å². The van der Waals surface area contributed by atoms with Crippen molar-refractivity contribution < 1.29 is 4.39 Å². The molecule has 1 unspecified atom stereocenters. The highest BCUT2D eigenvalue weighted by atomic mass is 35.5. The van der Waals surface area contributed by atoms with E-state index in [1.165, 1.54) is 6.07 Å². The number of likely N-dealkylation sites (N-methyl/N-ethyl adjacent to an activating group) is 1. The first-order chi connectivity index (χ1) is 12.0. The molecule has 0 saturated carbocycles. The lowest BCUT2D eigenvalue weighted by Gasteiger charge is -2.29. The summed E-state index contributed by atoms with van der Waals surface area (Å²) in [5.74, 6) is -0.265. The number of anilines is 2. The molecule has 0 bridgehead atoms. The van der Waals surface area contributed by atoms with E-state index in [9.17, 15) is 4.39 Å². The fourth-order valence-electron chi connectivity index (χ4n) is 3.29. The van der Waals surface area contributed by atoms with Gasteiger partial charge in [0.05, 0.1) is 17.1 Å². The lowest BCUT2D eigenvalue weighted by molar-refractivity contribution is 0.288. The van der Waals surface area contributed by atoms with Crippen LogP contribution < -0.4 is 5.32 Å². The second-order valence-corrected chi connectivity index (χ2v) is 7.04. The van der Waals surface area contributed by atoms with Gasteiger partial charge in [-0.2, -0.15) is 0 Å². The maximum absolute atomic E-state index is 14.0. The van der Waals surface area contributed by atoms with Crippen LogP contribution in [-0.4, -0.2) is 30.2 Å². The second kappa shape index (κ2) is 6.28. The summed E-state index contributed by atoms with van der Waals surface area (Å²) in [6, 6.07) is 10.7. The Balaban J connectivity index is 1.93. The van der Waals surface area contributed by atoms with Crippen LogP contribution in [0.15, 0.2) is 53.0 Å². The van der Waals surface area contributed by atoms with E-state index < -0.39 is 0 Å². The first kappa shape index (κ1) is 16.3. The summed E-state index contributed by atoms with van der Waals surface area (Å²) < 4.78 is 14.0. The van der Waals surface area contributed by atoms with Crippen LogP contribution in [0.2, 0.25) is 5.02 Å². The smallest absolute Gasteiger partial charge is 0.124 e. The molecule has 0 amide bonds. The number of benzene rings is 2. The van der Waals surface area contributed by atoms with Crippen molar-refractivity contribution >= 4 is 34.4 Å². The van der Waals surface area contributed by atoms with Crippen LogP contribution in [0.5, 0.6) is 0 Å². The van der Waals surface area contributed by atoms with Gasteiger partial charge in [-0.05, 0) is 62.4 Å². The van der Waals surface area contributed by atoms with Crippen LogP contribution in [0.3, 0.4) is 0 Å². The van der Waals surface area contributed by atoms with Crippen LogP contribution in [-0.2, 0) is 0 Å². The zero-order valence-corrected chi connectivity index (χ0v) is 14.9. The van der Waals surface area contributed by atoms with Crippen molar-refractivity contribution in [2.24, 2.45) is 4.99 Å². The molecule has 2 aliphatic heterocycles. The summed E-state index contributed by atoms with van der Waals surface area (Å²) in [4.78, 5) is 7.17. The van der Waals surface area contributed by atoms with Gasteiger partial charge < -0.3 is 5.32 Å². The highest BCUT2D eigenvalue weighted by molar-refractivity contribution is 6.31. The van der Waals surface area contributed by atoms with Gasteiger partial charge in [0.2, 0.25) is 0 Å². The Morgan fingerprint density at radius 2 is 2.00 bits per heavy atom. The minimum atomic E-state index is -0.265. The lowest BCUT2D eigenvalue weighted by Crippen LogP contribution is -2.33. The second-order valence-electron chi connectivity index (χ2n) is 6.60. The van der Waals surface area contributed by atoms with Gasteiger partial charge in [0.15, 0.2) is 0 Å². The summed E-state index contributed by atoms with van der Waals surface area (Å²) in [5.41, 5.74) is 5.25. The number of hydrogen-bond donors (Lipinski definition) is 1. The Labute approximate surface area is 151 Å². The molecule has 1 N–H and O–H groups in total. The minimum Gasteiger partial charge on any atom is -0.353 e. The zero-order valence-electron chi connectivity index (χ0n) is 14.2. The van der Waals surface area contributed by atoms with Crippen LogP contribution >= 0.6 is 11.6 Å². The monoisotopic (exact) mass is 355 g/mol. The van der Waals surface area contributed by atoms with E-state index in [-0.39, 0.29) is 5.82 Å². The first-order valence-electron chi connectivity index (χ1n) is 8.38. The van der Waals surface area contributed by atoms with Gasteiger partial charge in [-0.1, -0.05) is 17.7 Å². The molecule has 2 aromatic rings. The molecule has 25 heavy (non-hydrogen) atoms. The molecule has 2 aliphatic rings. The Morgan fingerprint density at radius 1 is 1.20 bits per heavy atom. The van der Waals surface area contributed by atoms with E-state index in [4.69, 9.17) is 16.6 Å². The molecule has 4 rings (SSSR count). The quantitative estimate of drug-likeness (QED) is 0.751. The van der Waals surface area contributed by atoms with E-state index in [0.717, 1.165) is 46.9 Å². The van der Waals surface area contributed by atoms with Crippen molar-refractivity contribution in [3.05, 3.63) is 64.5 Å². The third-order valence-corrected chi connectivity index (χ3v) is 5.11.